The van der Waals surface area contributed by atoms with Crippen LogP contribution in [0.15, 0.2) is 30.3 Å². The number of benzene rings is 1. The fourth-order valence-corrected chi connectivity index (χ4v) is 1.74. The average Bonchev–Trinajstić information content (AvgIpc) is 2.52. The summed E-state index contributed by atoms with van der Waals surface area (Å²) in [7, 11) is 1.69. The number of carbonyl (C=O) groups excluding carboxylic acids is 2. The first-order valence-electron chi connectivity index (χ1n) is 7.27. The number of rotatable bonds is 7. The van der Waals surface area contributed by atoms with Crippen molar-refractivity contribution in [1.29, 1.82) is 0 Å². The van der Waals surface area contributed by atoms with E-state index in [0.29, 0.717) is 0 Å². The van der Waals surface area contributed by atoms with Gasteiger partial charge in [0.1, 0.15) is 6.61 Å². The van der Waals surface area contributed by atoms with E-state index in [4.69, 9.17) is 4.74 Å². The predicted octanol–water partition coefficient (Wildman–Crippen LogP) is 1.53. The van der Waals surface area contributed by atoms with Gasteiger partial charge in [0.05, 0.1) is 12.6 Å². The highest BCUT2D eigenvalue weighted by Crippen LogP contribution is 2.03. The predicted molar refractivity (Wildman–Crippen MR) is 83.2 cm³/mol. The van der Waals surface area contributed by atoms with Crippen molar-refractivity contribution in [2.75, 3.05) is 13.7 Å². The number of ether oxygens (including phenoxy) is 1. The second-order valence-corrected chi connectivity index (χ2v) is 5.39. The number of nitrogens with one attached hydrogen (secondary N) is 1. The van der Waals surface area contributed by atoms with Gasteiger partial charge in [0, 0.05) is 19.5 Å². The number of amides is 2. The van der Waals surface area contributed by atoms with E-state index in [1.807, 2.05) is 44.2 Å². The van der Waals surface area contributed by atoms with E-state index in [1.165, 1.54) is 0 Å². The third kappa shape index (κ3) is 6.13. The summed E-state index contributed by atoms with van der Waals surface area (Å²) in [5.41, 5.74) is 0.869. The first-order valence-corrected chi connectivity index (χ1v) is 7.27. The molecule has 0 unspecified atom stereocenters. The first-order chi connectivity index (χ1) is 10.4. The Labute approximate surface area is 131 Å². The minimum Gasteiger partial charge on any atom is -0.445 e. The maximum Gasteiger partial charge on any atom is 0.407 e. The third-order valence-corrected chi connectivity index (χ3v) is 3.34. The van der Waals surface area contributed by atoms with E-state index in [-0.39, 0.29) is 31.6 Å². The lowest BCUT2D eigenvalue weighted by Crippen LogP contribution is -2.43. The molecule has 0 bridgehead atoms. The molecule has 0 saturated heterocycles. The molecular weight excluding hydrogens is 284 g/mol. The zero-order chi connectivity index (χ0) is 16.5. The highest BCUT2D eigenvalue weighted by atomic mass is 16.5. The largest absolute Gasteiger partial charge is 0.445 e. The number of carbonyl (C=O) groups is 2. The molecule has 0 aliphatic carbocycles. The maximum atomic E-state index is 11.9. The monoisotopic (exact) mass is 308 g/mol. The van der Waals surface area contributed by atoms with Gasteiger partial charge in [-0.3, -0.25) is 4.79 Å². The van der Waals surface area contributed by atoms with Gasteiger partial charge >= 0.3 is 6.09 Å². The van der Waals surface area contributed by atoms with Crippen LogP contribution in [0, 0.1) is 0 Å². The van der Waals surface area contributed by atoms with Crippen molar-refractivity contribution in [3.05, 3.63) is 35.9 Å². The van der Waals surface area contributed by atoms with Gasteiger partial charge in [0.2, 0.25) is 5.91 Å². The van der Waals surface area contributed by atoms with Crippen molar-refractivity contribution in [2.24, 2.45) is 0 Å². The summed E-state index contributed by atoms with van der Waals surface area (Å²) in [6, 6.07) is 8.69. The Morgan fingerprint density at radius 3 is 2.45 bits per heavy atom. The van der Waals surface area contributed by atoms with Crippen molar-refractivity contribution >= 4 is 12.0 Å². The molecule has 6 heteroatoms. The van der Waals surface area contributed by atoms with Crippen molar-refractivity contribution in [2.45, 2.75) is 39.0 Å². The van der Waals surface area contributed by atoms with Crippen LogP contribution in [0.1, 0.15) is 25.8 Å². The molecule has 0 saturated carbocycles. The van der Waals surface area contributed by atoms with Gasteiger partial charge in [0.15, 0.2) is 0 Å². The lowest BCUT2D eigenvalue weighted by Gasteiger charge is -2.24. The Hall–Kier alpha value is -2.08. The van der Waals surface area contributed by atoms with E-state index in [9.17, 15) is 14.7 Å². The van der Waals surface area contributed by atoms with Crippen LogP contribution in [-0.4, -0.2) is 47.7 Å². The Balaban J connectivity index is 2.41. The zero-order valence-corrected chi connectivity index (χ0v) is 13.3. The summed E-state index contributed by atoms with van der Waals surface area (Å²) in [5, 5.41) is 11.8. The lowest BCUT2D eigenvalue weighted by molar-refractivity contribution is -0.132. The van der Waals surface area contributed by atoms with Crippen LogP contribution >= 0.6 is 0 Å². The molecule has 6 nitrogen and oxygen atoms in total. The quantitative estimate of drug-likeness (QED) is 0.800. The molecule has 0 heterocycles. The highest BCUT2D eigenvalue weighted by Gasteiger charge is 2.20. The van der Waals surface area contributed by atoms with Crippen LogP contribution in [0.2, 0.25) is 0 Å². The van der Waals surface area contributed by atoms with E-state index >= 15 is 0 Å². The Bertz CT molecular complexity index is 476. The maximum absolute atomic E-state index is 11.9. The Kier molecular flexibility index (Phi) is 7.39. The summed E-state index contributed by atoms with van der Waals surface area (Å²) in [5.74, 6) is -0.141. The number of aliphatic hydroxyl groups excluding tert-OH is 1. The molecular formula is C16H24N2O4. The molecule has 2 amide bonds. The fraction of sp³-hybridized carbons (Fsp3) is 0.500. The summed E-state index contributed by atoms with van der Waals surface area (Å²) in [6.45, 7) is 3.61. The minimum absolute atomic E-state index is 0.0334. The van der Waals surface area contributed by atoms with Crippen LogP contribution in [0.25, 0.3) is 0 Å². The van der Waals surface area contributed by atoms with Gasteiger partial charge in [-0.25, -0.2) is 4.79 Å². The van der Waals surface area contributed by atoms with Gasteiger partial charge in [-0.1, -0.05) is 30.3 Å². The molecule has 2 N–H and O–H groups in total. The molecule has 0 aliphatic rings. The molecule has 0 spiro atoms. The molecule has 0 aromatic heterocycles. The molecule has 22 heavy (non-hydrogen) atoms. The Morgan fingerprint density at radius 1 is 1.27 bits per heavy atom. The van der Waals surface area contributed by atoms with Gasteiger partial charge < -0.3 is 20.1 Å². The second-order valence-electron chi connectivity index (χ2n) is 5.39. The van der Waals surface area contributed by atoms with E-state index in [2.05, 4.69) is 5.32 Å². The van der Waals surface area contributed by atoms with Gasteiger partial charge in [-0.2, -0.15) is 0 Å². The van der Waals surface area contributed by atoms with Crippen molar-refractivity contribution in [1.82, 2.24) is 10.2 Å². The second kappa shape index (κ2) is 9.04. The first kappa shape index (κ1) is 18.0. The van der Waals surface area contributed by atoms with E-state index in [1.54, 1.807) is 11.9 Å². The van der Waals surface area contributed by atoms with E-state index in [0.717, 1.165) is 5.56 Å². The summed E-state index contributed by atoms with van der Waals surface area (Å²) in [4.78, 5) is 25.2. The Morgan fingerprint density at radius 2 is 1.91 bits per heavy atom. The summed E-state index contributed by atoms with van der Waals surface area (Å²) in [6.07, 6.45) is -0.617. The van der Waals surface area contributed by atoms with Crippen molar-refractivity contribution < 1.29 is 19.4 Å². The number of hydrogen-bond acceptors (Lipinski definition) is 4. The minimum atomic E-state index is -0.656. The molecule has 1 rings (SSSR count). The topological polar surface area (TPSA) is 78.9 Å². The SMILES string of the molecule is CC(C)N(C)C(=O)C[C@H](CO)NC(=O)OCc1ccccc1. The summed E-state index contributed by atoms with van der Waals surface area (Å²) < 4.78 is 5.06. The number of aliphatic hydroxyl groups is 1. The number of hydrogen-bond donors (Lipinski definition) is 2. The van der Waals surface area contributed by atoms with E-state index < -0.39 is 12.1 Å². The lowest BCUT2D eigenvalue weighted by atomic mass is 10.2. The normalized spacial score (nSPS) is 11.9. The number of nitrogens with zero attached hydrogens (tertiary/aromatic N) is 1. The summed E-state index contributed by atoms with van der Waals surface area (Å²) >= 11 is 0. The van der Waals surface area contributed by atoms with Crippen LogP contribution in [-0.2, 0) is 16.1 Å². The van der Waals surface area contributed by atoms with Crippen LogP contribution in [0.4, 0.5) is 4.79 Å². The molecule has 122 valence electrons. The van der Waals surface area contributed by atoms with Crippen LogP contribution < -0.4 is 5.32 Å². The third-order valence-electron chi connectivity index (χ3n) is 3.34. The molecule has 0 aliphatic heterocycles. The molecule has 1 atom stereocenters. The number of alkyl carbamates (subject to hydrolysis) is 1. The zero-order valence-electron chi connectivity index (χ0n) is 13.3. The fourth-order valence-electron chi connectivity index (χ4n) is 1.74. The van der Waals surface area contributed by atoms with Crippen LogP contribution in [0.3, 0.4) is 0 Å². The average molecular weight is 308 g/mol. The van der Waals surface area contributed by atoms with Gasteiger partial charge in [0.25, 0.3) is 0 Å². The van der Waals surface area contributed by atoms with Gasteiger partial charge in [-0.15, -0.1) is 0 Å². The molecule has 0 radical (unpaired) electrons. The van der Waals surface area contributed by atoms with Gasteiger partial charge in [-0.05, 0) is 19.4 Å². The standard InChI is InChI=1S/C16H24N2O4/c1-12(2)18(3)15(20)9-14(10-19)17-16(21)22-11-13-7-5-4-6-8-13/h4-8,12,14,19H,9-11H2,1-3H3,(H,17,21)/t14-/m1/s1. The molecule has 0 fully saturated rings. The molecule has 1 aromatic carbocycles. The van der Waals surface area contributed by atoms with Crippen LogP contribution in [0.5, 0.6) is 0 Å². The smallest absolute Gasteiger partial charge is 0.407 e. The highest BCUT2D eigenvalue weighted by molar-refractivity contribution is 5.77. The van der Waals surface area contributed by atoms with Crippen molar-refractivity contribution in [3.8, 4) is 0 Å². The molecule has 1 aromatic rings. The van der Waals surface area contributed by atoms with Crippen molar-refractivity contribution in [3.63, 3.8) is 0 Å².